The van der Waals surface area contributed by atoms with E-state index in [1.807, 2.05) is 6.07 Å². The summed E-state index contributed by atoms with van der Waals surface area (Å²) < 4.78 is 15.1. The molecule has 0 aliphatic carbocycles. The molecule has 1 rings (SSSR count). The molecular formula is C58H106O8. The minimum absolute atomic E-state index is 0.0169. The molecule has 1 N–H and O–H groups in total. The average Bonchev–Trinajstić information content (AvgIpc) is 3.30. The molecule has 0 saturated heterocycles. The molecule has 8 heteroatoms. The number of hydrogen-bond donors (Lipinski definition) is 1. The molecule has 0 unspecified atom stereocenters. The Kier molecular flexibility index (Phi) is 60.9. The van der Waals surface area contributed by atoms with Crippen molar-refractivity contribution in [2.45, 2.75) is 279 Å². The highest BCUT2D eigenvalue weighted by Crippen LogP contribution is 2.16. The first-order chi connectivity index (χ1) is 32.2. The average molecular weight is 931 g/mol. The van der Waals surface area contributed by atoms with Gasteiger partial charge < -0.3 is 19.3 Å². The van der Waals surface area contributed by atoms with Gasteiger partial charge >= 0.3 is 17.9 Å². The zero-order valence-corrected chi connectivity index (χ0v) is 44.0. The van der Waals surface area contributed by atoms with Crippen molar-refractivity contribution in [3.8, 4) is 0 Å². The summed E-state index contributed by atoms with van der Waals surface area (Å²) in [6.07, 6.45) is 52.0. The number of carbonyl (C=O) groups is 4. The summed E-state index contributed by atoms with van der Waals surface area (Å²) in [4.78, 5) is 42.4. The Bertz CT molecular complexity index is 1150. The number of aliphatic carboxylic acids is 1. The van der Waals surface area contributed by atoms with E-state index < -0.39 is 5.97 Å². The minimum atomic E-state index is -0.833. The normalized spacial score (nSPS) is 10.3. The van der Waals surface area contributed by atoms with Gasteiger partial charge in [-0.05, 0) is 31.4 Å². The zero-order chi connectivity index (χ0) is 49.2. The summed E-state index contributed by atoms with van der Waals surface area (Å²) in [5.74, 6) is -1.28. The lowest BCUT2D eigenvalue weighted by molar-refractivity contribution is -0.144. The van der Waals surface area contributed by atoms with Crippen molar-refractivity contribution in [1.82, 2.24) is 0 Å². The van der Waals surface area contributed by atoms with Gasteiger partial charge in [-0.1, -0.05) is 270 Å². The number of carboxylic acid groups (broad SMARTS) is 1. The third kappa shape index (κ3) is 65.1. The molecule has 0 atom stereocenters. The molecule has 8 nitrogen and oxygen atoms in total. The van der Waals surface area contributed by atoms with Crippen LogP contribution in [0.4, 0.5) is 0 Å². The molecule has 0 aliphatic rings. The fraction of sp³-hybridized carbons (Fsp3) is 0.793. The number of carboxylic acids is 1. The molecule has 1 aromatic carbocycles. The standard InChI is InChI=1S/C26H52O2.C20H40O2.C10H10O2.C2H4O2/c1-3-5-7-9-11-12-13-14-15-16-17-18-19-20-22-24-26(27)28-25-23-21-10-8-6-4-2;1-3-4-5-6-7-8-9-10-11-12-13-14-15-16-17-18-19-22-20(2)21;1-2-8-12-10(11)9-6-4-3-5-7-9;1-2(3)4/h3-25H2,1-2H3;3-19H2,1-2H3;2-7H,1,8H2;1H3,(H,3,4). The molecule has 1 aromatic rings. The van der Waals surface area contributed by atoms with Gasteiger partial charge in [0.2, 0.25) is 0 Å². The van der Waals surface area contributed by atoms with E-state index in [1.165, 1.54) is 225 Å². The Balaban J connectivity index is -0.000000919. The number of hydrogen-bond acceptors (Lipinski definition) is 7. The van der Waals surface area contributed by atoms with Crippen molar-refractivity contribution >= 4 is 23.9 Å². The van der Waals surface area contributed by atoms with Crippen molar-refractivity contribution in [3.63, 3.8) is 0 Å². The summed E-state index contributed by atoms with van der Waals surface area (Å²) in [6.45, 7) is 14.3. The Morgan fingerprint density at radius 2 is 0.727 bits per heavy atom. The van der Waals surface area contributed by atoms with Crippen LogP contribution in [0.1, 0.15) is 289 Å². The molecule has 0 spiro atoms. The van der Waals surface area contributed by atoms with Crippen LogP contribution in [0.5, 0.6) is 0 Å². The summed E-state index contributed by atoms with van der Waals surface area (Å²) in [5, 5.41) is 7.42. The predicted octanol–water partition coefficient (Wildman–Crippen LogP) is 18.1. The van der Waals surface area contributed by atoms with E-state index in [2.05, 4.69) is 27.4 Å². The first-order valence-electron chi connectivity index (χ1n) is 27.5. The second-order valence-corrected chi connectivity index (χ2v) is 18.1. The Hall–Kier alpha value is -3.16. The minimum Gasteiger partial charge on any atom is -0.481 e. The third-order valence-corrected chi connectivity index (χ3v) is 11.4. The van der Waals surface area contributed by atoms with Crippen molar-refractivity contribution in [2.24, 2.45) is 0 Å². The first kappa shape index (κ1) is 67.1. The van der Waals surface area contributed by atoms with Gasteiger partial charge in [-0.3, -0.25) is 14.4 Å². The van der Waals surface area contributed by atoms with Gasteiger partial charge in [0, 0.05) is 20.3 Å². The molecule has 0 aliphatic heterocycles. The summed E-state index contributed by atoms with van der Waals surface area (Å²) >= 11 is 0. The maximum atomic E-state index is 11.7. The van der Waals surface area contributed by atoms with E-state index in [0.717, 1.165) is 26.2 Å². The fourth-order valence-electron chi connectivity index (χ4n) is 7.44. The van der Waals surface area contributed by atoms with E-state index >= 15 is 0 Å². The van der Waals surface area contributed by atoms with Crippen LogP contribution in [0.25, 0.3) is 0 Å². The highest BCUT2D eigenvalue weighted by Gasteiger charge is 2.04. The molecule has 0 saturated carbocycles. The molecule has 386 valence electrons. The lowest BCUT2D eigenvalue weighted by Gasteiger charge is -2.05. The van der Waals surface area contributed by atoms with Crippen LogP contribution in [-0.4, -0.2) is 48.8 Å². The van der Waals surface area contributed by atoms with Gasteiger partial charge in [0.05, 0.1) is 18.8 Å². The number of benzene rings is 1. The van der Waals surface area contributed by atoms with Gasteiger partial charge in [-0.25, -0.2) is 4.79 Å². The number of rotatable bonds is 43. The zero-order valence-electron chi connectivity index (χ0n) is 44.0. The van der Waals surface area contributed by atoms with Crippen LogP contribution < -0.4 is 0 Å². The molecular weight excluding hydrogens is 825 g/mol. The highest BCUT2D eigenvalue weighted by molar-refractivity contribution is 5.89. The monoisotopic (exact) mass is 931 g/mol. The fourth-order valence-corrected chi connectivity index (χ4v) is 7.44. The van der Waals surface area contributed by atoms with E-state index in [4.69, 9.17) is 24.1 Å². The lowest BCUT2D eigenvalue weighted by Crippen LogP contribution is -2.05. The summed E-state index contributed by atoms with van der Waals surface area (Å²) in [7, 11) is 0. The number of ether oxygens (including phenoxy) is 3. The smallest absolute Gasteiger partial charge is 0.338 e. The van der Waals surface area contributed by atoms with Crippen LogP contribution in [0, 0.1) is 0 Å². The van der Waals surface area contributed by atoms with Crippen LogP contribution in [0.2, 0.25) is 0 Å². The Labute approximate surface area is 408 Å². The topological polar surface area (TPSA) is 116 Å². The number of carbonyl (C=O) groups excluding carboxylic acids is 3. The van der Waals surface area contributed by atoms with Gasteiger partial charge in [0.25, 0.3) is 5.97 Å². The lowest BCUT2D eigenvalue weighted by atomic mass is 10.0. The third-order valence-electron chi connectivity index (χ3n) is 11.4. The Morgan fingerprint density at radius 3 is 1.03 bits per heavy atom. The van der Waals surface area contributed by atoms with Gasteiger partial charge in [-0.15, -0.1) is 0 Å². The summed E-state index contributed by atoms with van der Waals surface area (Å²) in [5.41, 5.74) is 0.569. The first-order valence-corrected chi connectivity index (χ1v) is 27.5. The largest absolute Gasteiger partial charge is 0.481 e. The van der Waals surface area contributed by atoms with Gasteiger partial charge in [-0.2, -0.15) is 0 Å². The second kappa shape index (κ2) is 59.9. The van der Waals surface area contributed by atoms with E-state index in [0.29, 0.717) is 25.2 Å². The molecule has 0 radical (unpaired) electrons. The van der Waals surface area contributed by atoms with Crippen molar-refractivity contribution in [1.29, 1.82) is 0 Å². The van der Waals surface area contributed by atoms with Crippen molar-refractivity contribution in [2.75, 3.05) is 19.8 Å². The number of esters is 3. The second-order valence-electron chi connectivity index (χ2n) is 18.1. The predicted molar refractivity (Wildman–Crippen MR) is 280 cm³/mol. The van der Waals surface area contributed by atoms with Crippen LogP contribution in [0.3, 0.4) is 0 Å². The molecule has 0 aromatic heterocycles. The van der Waals surface area contributed by atoms with Gasteiger partial charge in [0.15, 0.2) is 0 Å². The van der Waals surface area contributed by atoms with E-state index in [-0.39, 0.29) is 24.5 Å². The van der Waals surface area contributed by atoms with Crippen LogP contribution in [-0.2, 0) is 28.6 Å². The van der Waals surface area contributed by atoms with Gasteiger partial charge in [0.1, 0.15) is 6.61 Å². The summed E-state index contributed by atoms with van der Waals surface area (Å²) in [6, 6.07) is 8.87. The molecule has 66 heavy (non-hydrogen) atoms. The quantitative estimate of drug-likeness (QED) is 0.0298. The maximum absolute atomic E-state index is 11.7. The molecule has 0 fully saturated rings. The van der Waals surface area contributed by atoms with Crippen LogP contribution in [0.15, 0.2) is 43.0 Å². The van der Waals surface area contributed by atoms with E-state index in [9.17, 15) is 14.4 Å². The Morgan fingerprint density at radius 1 is 0.439 bits per heavy atom. The molecule has 0 heterocycles. The van der Waals surface area contributed by atoms with E-state index in [1.54, 1.807) is 30.3 Å². The maximum Gasteiger partial charge on any atom is 0.338 e. The highest BCUT2D eigenvalue weighted by atomic mass is 16.5. The van der Waals surface area contributed by atoms with Crippen molar-refractivity contribution in [3.05, 3.63) is 48.6 Å². The van der Waals surface area contributed by atoms with Crippen LogP contribution >= 0.6 is 0 Å². The number of unbranched alkanes of at least 4 members (excludes halogenated alkanes) is 34. The van der Waals surface area contributed by atoms with Crippen molar-refractivity contribution < 1.29 is 38.5 Å². The SMILES string of the molecule is C=CCOC(=O)c1ccccc1.CC(=O)O.CCCCCCCCCCCCCCCCCC(=O)OCCCCCCCC.CCCCCCCCCCCCCCCCCCOC(C)=O. The molecule has 0 amide bonds. The molecule has 0 bridgehead atoms.